The number of carbonyl (C=O) groups is 3. The number of hydrogen-bond donors (Lipinski definition) is 0. The van der Waals surface area contributed by atoms with E-state index in [-0.39, 0.29) is 57.6 Å². The number of carbonyl (C=O) groups excluding carboxylic acids is 3. The number of nitrogens with zero attached hydrogens (tertiary/aromatic N) is 2. The second-order valence-electron chi connectivity index (χ2n) is 7.21. The molecular formula is C16H20Br2N2O3. The Labute approximate surface area is 152 Å². The highest BCUT2D eigenvalue weighted by molar-refractivity contribution is 9.12. The van der Waals surface area contributed by atoms with E-state index in [0.29, 0.717) is 0 Å². The van der Waals surface area contributed by atoms with Crippen LogP contribution in [0, 0.1) is 23.7 Å². The first-order chi connectivity index (χ1) is 11.0. The van der Waals surface area contributed by atoms with Crippen LogP contribution in [-0.2, 0) is 14.4 Å². The highest BCUT2D eigenvalue weighted by Crippen LogP contribution is 2.60. The predicted octanol–water partition coefficient (Wildman–Crippen LogP) is 1.78. The van der Waals surface area contributed by atoms with Crippen LogP contribution in [0.1, 0.15) is 25.7 Å². The number of imide groups is 1. The van der Waals surface area contributed by atoms with Gasteiger partial charge in [0, 0.05) is 22.7 Å². The molecule has 4 rings (SSSR count). The summed E-state index contributed by atoms with van der Waals surface area (Å²) in [7, 11) is 0. The van der Waals surface area contributed by atoms with Crippen molar-refractivity contribution in [2.45, 2.75) is 35.3 Å². The van der Waals surface area contributed by atoms with Gasteiger partial charge >= 0.3 is 0 Å². The minimum atomic E-state index is -0.222. The molecule has 0 aromatic heterocycles. The Kier molecular flexibility index (Phi) is 4.07. The lowest BCUT2D eigenvalue weighted by molar-refractivity contribution is -0.147. The zero-order valence-corrected chi connectivity index (χ0v) is 16.0. The fourth-order valence-corrected chi connectivity index (χ4v) is 6.82. The molecule has 0 radical (unpaired) electrons. The van der Waals surface area contributed by atoms with Crippen molar-refractivity contribution in [2.24, 2.45) is 23.7 Å². The van der Waals surface area contributed by atoms with Crippen LogP contribution in [0.5, 0.6) is 0 Å². The molecule has 6 atom stereocenters. The number of likely N-dealkylation sites (tertiary alicyclic amines) is 2. The molecule has 0 unspecified atom stereocenters. The molecule has 3 amide bonds. The summed E-state index contributed by atoms with van der Waals surface area (Å²) in [6, 6.07) is 0. The second-order valence-corrected chi connectivity index (χ2v) is 9.32. The molecule has 2 saturated carbocycles. The van der Waals surface area contributed by atoms with Crippen LogP contribution in [-0.4, -0.2) is 56.8 Å². The molecule has 4 aliphatic rings. The Hall–Kier alpha value is -0.430. The van der Waals surface area contributed by atoms with Gasteiger partial charge in [0.15, 0.2) is 0 Å². The molecule has 2 saturated heterocycles. The zero-order valence-electron chi connectivity index (χ0n) is 12.8. The van der Waals surface area contributed by atoms with Crippen LogP contribution >= 0.6 is 31.9 Å². The molecule has 0 N–H and O–H groups in total. The summed E-state index contributed by atoms with van der Waals surface area (Å²) >= 11 is 7.35. The molecule has 2 bridgehead atoms. The number of fused-ring (bicyclic) bond motifs is 5. The van der Waals surface area contributed by atoms with Crippen LogP contribution in [0.25, 0.3) is 0 Å². The van der Waals surface area contributed by atoms with E-state index in [2.05, 4.69) is 31.9 Å². The maximum Gasteiger partial charge on any atom is 0.242 e. The maximum absolute atomic E-state index is 12.8. The number of rotatable bonds is 2. The van der Waals surface area contributed by atoms with Gasteiger partial charge in [-0.15, -0.1) is 0 Å². The quantitative estimate of drug-likeness (QED) is 0.478. The maximum atomic E-state index is 12.8. The van der Waals surface area contributed by atoms with E-state index in [1.54, 1.807) is 4.90 Å². The summed E-state index contributed by atoms with van der Waals surface area (Å²) in [6.45, 7) is 1.43. The van der Waals surface area contributed by atoms with Crippen molar-refractivity contribution >= 4 is 49.6 Å². The lowest BCUT2D eigenvalue weighted by Crippen LogP contribution is -2.45. The Morgan fingerprint density at radius 1 is 0.957 bits per heavy atom. The highest BCUT2D eigenvalue weighted by Gasteiger charge is 2.66. The molecule has 7 heteroatoms. The first-order valence-electron chi connectivity index (χ1n) is 8.42. The second kappa shape index (κ2) is 5.83. The normalized spacial score (nSPS) is 42.5. The zero-order chi connectivity index (χ0) is 16.3. The van der Waals surface area contributed by atoms with E-state index in [4.69, 9.17) is 0 Å². The summed E-state index contributed by atoms with van der Waals surface area (Å²) in [5.74, 6) is -0.352. The molecule has 0 aromatic carbocycles. The van der Waals surface area contributed by atoms with E-state index in [1.165, 1.54) is 4.90 Å². The highest BCUT2D eigenvalue weighted by atomic mass is 79.9. The van der Waals surface area contributed by atoms with Crippen molar-refractivity contribution in [1.82, 2.24) is 9.80 Å². The Bertz CT molecular complexity index is 532. The summed E-state index contributed by atoms with van der Waals surface area (Å²) in [4.78, 5) is 41.5. The van der Waals surface area contributed by atoms with Crippen LogP contribution in [0.2, 0.25) is 0 Å². The van der Waals surface area contributed by atoms with Crippen LogP contribution in [0.4, 0.5) is 0 Å². The first-order valence-corrected chi connectivity index (χ1v) is 10.2. The summed E-state index contributed by atoms with van der Waals surface area (Å²) < 4.78 is 0. The minimum Gasteiger partial charge on any atom is -0.341 e. The van der Waals surface area contributed by atoms with Crippen molar-refractivity contribution < 1.29 is 14.4 Å². The smallest absolute Gasteiger partial charge is 0.242 e. The van der Waals surface area contributed by atoms with Gasteiger partial charge in [-0.3, -0.25) is 19.3 Å². The molecule has 2 aliphatic heterocycles. The largest absolute Gasteiger partial charge is 0.341 e. The average Bonchev–Trinajstić information content (AvgIpc) is 3.16. The third kappa shape index (κ3) is 2.33. The lowest BCUT2D eigenvalue weighted by Gasteiger charge is -2.28. The number of halogens is 2. The number of piperidine rings is 1. The van der Waals surface area contributed by atoms with Gasteiger partial charge in [-0.1, -0.05) is 31.9 Å². The van der Waals surface area contributed by atoms with Gasteiger partial charge in [-0.2, -0.15) is 0 Å². The summed E-state index contributed by atoms with van der Waals surface area (Å²) in [6.07, 6.45) is 4.10. The van der Waals surface area contributed by atoms with Gasteiger partial charge in [0.2, 0.25) is 17.7 Å². The molecule has 5 nitrogen and oxygen atoms in total. The average molecular weight is 448 g/mol. The van der Waals surface area contributed by atoms with Crippen LogP contribution < -0.4 is 0 Å². The minimum absolute atomic E-state index is 0.0655. The van der Waals surface area contributed by atoms with E-state index in [1.807, 2.05) is 0 Å². The van der Waals surface area contributed by atoms with Crippen molar-refractivity contribution in [3.8, 4) is 0 Å². The summed E-state index contributed by atoms with van der Waals surface area (Å²) in [5.41, 5.74) is 0. The third-order valence-electron chi connectivity index (χ3n) is 6.08. The van der Waals surface area contributed by atoms with Crippen molar-refractivity contribution in [1.29, 1.82) is 0 Å². The summed E-state index contributed by atoms with van der Waals surface area (Å²) in [5, 5.41) is 0. The standard InChI is InChI=1S/C16H20Br2N2O3/c17-13-8-6-9(14(13)18)12-11(8)15(22)20(16(12)23)7-10(21)19-4-2-1-3-5-19/h8-9,11-14H,1-7H2/t8-,9+,11-,12+,13-,14+. The number of alkyl halides is 2. The van der Waals surface area contributed by atoms with Gasteiger partial charge in [0.25, 0.3) is 0 Å². The Balaban J connectivity index is 1.50. The van der Waals surface area contributed by atoms with E-state index >= 15 is 0 Å². The number of amides is 3. The predicted molar refractivity (Wildman–Crippen MR) is 91.2 cm³/mol. The first kappa shape index (κ1) is 16.1. The van der Waals surface area contributed by atoms with Gasteiger partial charge in [0.1, 0.15) is 6.54 Å². The third-order valence-corrected chi connectivity index (χ3v) is 9.29. The van der Waals surface area contributed by atoms with Crippen molar-refractivity contribution in [2.75, 3.05) is 19.6 Å². The van der Waals surface area contributed by atoms with Gasteiger partial charge < -0.3 is 4.90 Å². The fourth-order valence-electron chi connectivity index (χ4n) is 4.94. The van der Waals surface area contributed by atoms with E-state index in [0.717, 1.165) is 38.8 Å². The SMILES string of the molecule is O=C(CN1C(=O)[C@@H]2[C@H]3C[C@H]([C@H](Br)[C@@H]3Br)[C@@H]2C1=O)N1CCCCC1. The van der Waals surface area contributed by atoms with Crippen LogP contribution in [0.15, 0.2) is 0 Å². The molecule has 2 heterocycles. The molecule has 4 fully saturated rings. The van der Waals surface area contributed by atoms with E-state index in [9.17, 15) is 14.4 Å². The van der Waals surface area contributed by atoms with Crippen LogP contribution in [0.3, 0.4) is 0 Å². The van der Waals surface area contributed by atoms with Crippen molar-refractivity contribution in [3.63, 3.8) is 0 Å². The number of hydrogen-bond acceptors (Lipinski definition) is 3. The molecule has 2 aliphatic carbocycles. The van der Waals surface area contributed by atoms with E-state index < -0.39 is 0 Å². The molecule has 23 heavy (non-hydrogen) atoms. The Morgan fingerprint density at radius 3 is 2.00 bits per heavy atom. The molecule has 0 spiro atoms. The van der Waals surface area contributed by atoms with Gasteiger partial charge in [0.05, 0.1) is 11.8 Å². The lowest BCUT2D eigenvalue weighted by atomic mass is 9.81. The monoisotopic (exact) mass is 446 g/mol. The van der Waals surface area contributed by atoms with Gasteiger partial charge in [-0.05, 0) is 37.5 Å². The van der Waals surface area contributed by atoms with Crippen molar-refractivity contribution in [3.05, 3.63) is 0 Å². The molecule has 0 aromatic rings. The molecular weight excluding hydrogens is 428 g/mol. The fraction of sp³-hybridized carbons (Fsp3) is 0.812. The molecule has 126 valence electrons. The van der Waals surface area contributed by atoms with Gasteiger partial charge in [-0.25, -0.2) is 0 Å². The Morgan fingerprint density at radius 2 is 1.48 bits per heavy atom. The topological polar surface area (TPSA) is 57.7 Å².